The molecular formula is C15H20N4O. The molecule has 0 bridgehead atoms. The number of hydrogen-bond acceptors (Lipinski definition) is 4. The molecule has 1 aromatic rings. The number of piperazine rings is 1. The first-order valence-corrected chi connectivity index (χ1v) is 6.81. The van der Waals surface area contributed by atoms with Crippen LogP contribution in [0.25, 0.3) is 0 Å². The number of likely N-dealkylation sites (N-methyl/N-ethyl adjacent to an activating group) is 1. The van der Waals surface area contributed by atoms with E-state index in [9.17, 15) is 4.79 Å². The predicted molar refractivity (Wildman–Crippen MR) is 78.5 cm³/mol. The second kappa shape index (κ2) is 6.40. The SMILES string of the molecule is Cc1ccc(C#N)cc1NCC(=O)N1CCN(C)CC1. The monoisotopic (exact) mass is 272 g/mol. The highest BCUT2D eigenvalue weighted by Gasteiger charge is 2.18. The number of carbonyl (C=O) groups is 1. The van der Waals surface area contributed by atoms with Crippen LogP contribution >= 0.6 is 0 Å². The molecular weight excluding hydrogens is 252 g/mol. The van der Waals surface area contributed by atoms with Crippen molar-refractivity contribution in [3.63, 3.8) is 0 Å². The Kier molecular flexibility index (Phi) is 4.59. The molecule has 0 unspecified atom stereocenters. The number of benzene rings is 1. The first-order chi connectivity index (χ1) is 9.60. The topological polar surface area (TPSA) is 59.4 Å². The lowest BCUT2D eigenvalue weighted by molar-refractivity contribution is -0.130. The quantitative estimate of drug-likeness (QED) is 0.893. The maximum Gasteiger partial charge on any atom is 0.241 e. The average Bonchev–Trinajstić information content (AvgIpc) is 2.47. The Hall–Kier alpha value is -2.06. The van der Waals surface area contributed by atoms with Crippen LogP contribution < -0.4 is 5.32 Å². The summed E-state index contributed by atoms with van der Waals surface area (Å²) in [5.41, 5.74) is 2.49. The minimum Gasteiger partial charge on any atom is -0.376 e. The number of anilines is 1. The van der Waals surface area contributed by atoms with Gasteiger partial charge in [-0.2, -0.15) is 5.26 Å². The van der Waals surface area contributed by atoms with E-state index >= 15 is 0 Å². The number of nitrogens with zero attached hydrogens (tertiary/aromatic N) is 3. The zero-order valence-electron chi connectivity index (χ0n) is 12.0. The van der Waals surface area contributed by atoms with E-state index in [1.807, 2.05) is 17.9 Å². The summed E-state index contributed by atoms with van der Waals surface area (Å²) in [5.74, 6) is 0.111. The molecule has 0 radical (unpaired) electrons. The summed E-state index contributed by atoms with van der Waals surface area (Å²) < 4.78 is 0. The Morgan fingerprint density at radius 2 is 2.05 bits per heavy atom. The van der Waals surface area contributed by atoms with Gasteiger partial charge in [0.25, 0.3) is 0 Å². The molecule has 106 valence electrons. The number of carbonyl (C=O) groups excluding carboxylic acids is 1. The maximum absolute atomic E-state index is 12.1. The van der Waals surface area contributed by atoms with Crippen LogP contribution in [0.1, 0.15) is 11.1 Å². The molecule has 1 N–H and O–H groups in total. The molecule has 0 spiro atoms. The molecule has 1 aliphatic heterocycles. The van der Waals surface area contributed by atoms with Gasteiger partial charge in [-0.05, 0) is 31.7 Å². The van der Waals surface area contributed by atoms with Crippen molar-refractivity contribution < 1.29 is 4.79 Å². The summed E-state index contributed by atoms with van der Waals surface area (Å²) in [5, 5.41) is 12.0. The van der Waals surface area contributed by atoms with Gasteiger partial charge in [-0.1, -0.05) is 6.07 Å². The fourth-order valence-corrected chi connectivity index (χ4v) is 2.22. The number of nitrogens with one attached hydrogen (secondary N) is 1. The molecule has 1 amide bonds. The third-order valence-electron chi connectivity index (χ3n) is 3.65. The zero-order chi connectivity index (χ0) is 14.5. The van der Waals surface area contributed by atoms with Crippen molar-refractivity contribution in [2.24, 2.45) is 0 Å². The molecule has 1 heterocycles. The van der Waals surface area contributed by atoms with Crippen LogP contribution in [0.4, 0.5) is 5.69 Å². The molecule has 0 saturated carbocycles. The fourth-order valence-electron chi connectivity index (χ4n) is 2.22. The fraction of sp³-hybridized carbons (Fsp3) is 0.467. The van der Waals surface area contributed by atoms with Crippen molar-refractivity contribution in [1.82, 2.24) is 9.80 Å². The van der Waals surface area contributed by atoms with Gasteiger partial charge in [-0.3, -0.25) is 4.79 Å². The van der Waals surface area contributed by atoms with E-state index in [4.69, 9.17) is 5.26 Å². The standard InChI is InChI=1S/C15H20N4O/c1-12-3-4-13(10-16)9-14(12)17-11-15(20)19-7-5-18(2)6-8-19/h3-4,9,17H,5-8,11H2,1-2H3. The summed E-state index contributed by atoms with van der Waals surface area (Å²) >= 11 is 0. The number of aryl methyl sites for hydroxylation is 1. The molecule has 1 aromatic carbocycles. The van der Waals surface area contributed by atoms with Crippen LogP contribution in [0.3, 0.4) is 0 Å². The largest absolute Gasteiger partial charge is 0.376 e. The second-order valence-corrected chi connectivity index (χ2v) is 5.18. The molecule has 5 heteroatoms. The number of rotatable bonds is 3. The average molecular weight is 272 g/mol. The minimum absolute atomic E-state index is 0.111. The normalized spacial score (nSPS) is 15.8. The van der Waals surface area contributed by atoms with E-state index in [1.165, 1.54) is 0 Å². The molecule has 20 heavy (non-hydrogen) atoms. The number of nitriles is 1. The van der Waals surface area contributed by atoms with Crippen LogP contribution in [0.5, 0.6) is 0 Å². The molecule has 0 atom stereocenters. The van der Waals surface area contributed by atoms with Gasteiger partial charge in [0, 0.05) is 31.9 Å². The lowest BCUT2D eigenvalue weighted by Crippen LogP contribution is -2.48. The Bertz CT molecular complexity index is 527. The first kappa shape index (κ1) is 14.4. The van der Waals surface area contributed by atoms with Crippen LogP contribution in [-0.2, 0) is 4.79 Å². The smallest absolute Gasteiger partial charge is 0.241 e. The van der Waals surface area contributed by atoms with E-state index in [1.54, 1.807) is 12.1 Å². The van der Waals surface area contributed by atoms with Gasteiger partial charge in [0.15, 0.2) is 0 Å². The lowest BCUT2D eigenvalue weighted by atomic mass is 10.1. The first-order valence-electron chi connectivity index (χ1n) is 6.81. The van der Waals surface area contributed by atoms with Crippen molar-refractivity contribution in [3.05, 3.63) is 29.3 Å². The van der Waals surface area contributed by atoms with Crippen LogP contribution in [0.15, 0.2) is 18.2 Å². The Balaban J connectivity index is 1.92. The molecule has 0 aromatic heterocycles. The summed E-state index contributed by atoms with van der Waals surface area (Å²) in [6.07, 6.45) is 0. The highest BCUT2D eigenvalue weighted by atomic mass is 16.2. The van der Waals surface area contributed by atoms with Gasteiger partial charge < -0.3 is 15.1 Å². The van der Waals surface area contributed by atoms with Crippen LogP contribution in [-0.4, -0.2) is 55.5 Å². The third-order valence-corrected chi connectivity index (χ3v) is 3.65. The van der Waals surface area contributed by atoms with Crippen molar-refractivity contribution in [2.75, 3.05) is 45.1 Å². The van der Waals surface area contributed by atoms with Crippen molar-refractivity contribution in [2.45, 2.75) is 6.92 Å². The van der Waals surface area contributed by atoms with E-state index in [-0.39, 0.29) is 12.5 Å². The maximum atomic E-state index is 12.1. The minimum atomic E-state index is 0.111. The number of amides is 1. The highest BCUT2D eigenvalue weighted by molar-refractivity contribution is 5.81. The predicted octanol–water partition coefficient (Wildman–Crippen LogP) is 1.05. The van der Waals surface area contributed by atoms with Crippen LogP contribution in [0.2, 0.25) is 0 Å². The summed E-state index contributed by atoms with van der Waals surface area (Å²) in [6, 6.07) is 7.56. The summed E-state index contributed by atoms with van der Waals surface area (Å²) in [7, 11) is 2.07. The molecule has 0 aliphatic carbocycles. The van der Waals surface area contributed by atoms with Crippen molar-refractivity contribution in [3.8, 4) is 6.07 Å². The van der Waals surface area contributed by atoms with Gasteiger partial charge in [-0.25, -0.2) is 0 Å². The Labute approximate surface area is 119 Å². The van der Waals surface area contributed by atoms with Crippen molar-refractivity contribution >= 4 is 11.6 Å². The molecule has 5 nitrogen and oxygen atoms in total. The zero-order valence-corrected chi connectivity index (χ0v) is 12.0. The highest BCUT2D eigenvalue weighted by Crippen LogP contribution is 2.16. The van der Waals surface area contributed by atoms with Gasteiger partial charge in [0.2, 0.25) is 5.91 Å². The van der Waals surface area contributed by atoms with Gasteiger partial charge in [0.1, 0.15) is 0 Å². The van der Waals surface area contributed by atoms with E-state index < -0.39 is 0 Å². The number of hydrogen-bond donors (Lipinski definition) is 1. The molecule has 2 rings (SSSR count). The lowest BCUT2D eigenvalue weighted by Gasteiger charge is -2.32. The second-order valence-electron chi connectivity index (χ2n) is 5.18. The molecule has 1 fully saturated rings. The summed E-state index contributed by atoms with van der Waals surface area (Å²) in [6.45, 7) is 5.66. The van der Waals surface area contributed by atoms with E-state index in [0.717, 1.165) is 37.4 Å². The van der Waals surface area contributed by atoms with E-state index in [0.29, 0.717) is 5.56 Å². The van der Waals surface area contributed by atoms with Gasteiger partial charge in [-0.15, -0.1) is 0 Å². The molecule has 1 aliphatic rings. The van der Waals surface area contributed by atoms with Crippen molar-refractivity contribution in [1.29, 1.82) is 5.26 Å². The Morgan fingerprint density at radius 1 is 1.35 bits per heavy atom. The van der Waals surface area contributed by atoms with Gasteiger partial charge >= 0.3 is 0 Å². The van der Waals surface area contributed by atoms with Crippen LogP contribution in [0, 0.1) is 18.3 Å². The van der Waals surface area contributed by atoms with Gasteiger partial charge in [0.05, 0.1) is 18.2 Å². The summed E-state index contributed by atoms with van der Waals surface area (Å²) in [4.78, 5) is 16.2. The third kappa shape index (κ3) is 3.49. The molecule has 1 saturated heterocycles. The Morgan fingerprint density at radius 3 is 2.70 bits per heavy atom. The van der Waals surface area contributed by atoms with E-state index in [2.05, 4.69) is 23.3 Å².